The van der Waals surface area contributed by atoms with Gasteiger partial charge in [0.25, 0.3) is 5.69 Å². The number of nitrogens with zero attached hydrogens (tertiary/aromatic N) is 2. The van der Waals surface area contributed by atoms with E-state index in [1.165, 1.54) is 16.4 Å². The van der Waals surface area contributed by atoms with E-state index in [4.69, 9.17) is 5.73 Å². The van der Waals surface area contributed by atoms with Gasteiger partial charge in [-0.2, -0.15) is 4.31 Å². The highest BCUT2D eigenvalue weighted by atomic mass is 32.2. The molecule has 7 nitrogen and oxygen atoms in total. The average Bonchev–Trinajstić information content (AvgIpc) is 2.36. The predicted molar refractivity (Wildman–Crippen MR) is 79.2 cm³/mol. The fourth-order valence-electron chi connectivity index (χ4n) is 2.83. The minimum Gasteiger partial charge on any atom is -0.397 e. The summed E-state index contributed by atoms with van der Waals surface area (Å²) >= 11 is 0. The van der Waals surface area contributed by atoms with Crippen LogP contribution in [0.4, 0.5) is 11.4 Å². The Hall–Kier alpha value is -1.67. The molecule has 1 heterocycles. The molecule has 1 aromatic carbocycles. The zero-order valence-electron chi connectivity index (χ0n) is 12.0. The normalized spacial score (nSPS) is 23.9. The predicted octanol–water partition coefficient (Wildman–Crippen LogP) is 1.84. The number of anilines is 1. The first-order chi connectivity index (χ1) is 9.71. The number of nitro groups is 1. The summed E-state index contributed by atoms with van der Waals surface area (Å²) < 4.78 is 26.7. The molecule has 0 aliphatic carbocycles. The lowest BCUT2D eigenvalue weighted by Crippen LogP contribution is -2.42. The van der Waals surface area contributed by atoms with E-state index in [2.05, 4.69) is 0 Å². The van der Waals surface area contributed by atoms with Gasteiger partial charge >= 0.3 is 0 Å². The Bertz CT molecular complexity index is 649. The molecular weight excluding hydrogens is 294 g/mol. The summed E-state index contributed by atoms with van der Waals surface area (Å²) in [6.07, 6.45) is 0.988. The van der Waals surface area contributed by atoms with E-state index in [0.717, 1.165) is 12.5 Å². The molecule has 0 aromatic heterocycles. The van der Waals surface area contributed by atoms with Crippen LogP contribution >= 0.6 is 0 Å². The Morgan fingerprint density at radius 1 is 1.29 bits per heavy atom. The van der Waals surface area contributed by atoms with Gasteiger partial charge in [-0.25, -0.2) is 8.42 Å². The lowest BCUT2D eigenvalue weighted by molar-refractivity contribution is -0.384. The van der Waals surface area contributed by atoms with Crippen molar-refractivity contribution in [3.8, 4) is 0 Å². The topological polar surface area (TPSA) is 107 Å². The van der Waals surface area contributed by atoms with Gasteiger partial charge in [0.1, 0.15) is 4.90 Å². The number of rotatable bonds is 3. The average molecular weight is 313 g/mol. The molecule has 1 aromatic rings. The highest BCUT2D eigenvalue weighted by Gasteiger charge is 2.33. The number of non-ortho nitro benzene ring substituents is 1. The number of nitro benzene ring substituents is 1. The smallest absolute Gasteiger partial charge is 0.271 e. The molecule has 1 aliphatic heterocycles. The van der Waals surface area contributed by atoms with Gasteiger partial charge in [-0.3, -0.25) is 10.1 Å². The fraction of sp³-hybridized carbons (Fsp3) is 0.538. The van der Waals surface area contributed by atoms with Crippen LogP contribution in [0.1, 0.15) is 20.3 Å². The summed E-state index contributed by atoms with van der Waals surface area (Å²) in [5.41, 5.74) is 5.41. The molecule has 21 heavy (non-hydrogen) atoms. The van der Waals surface area contributed by atoms with E-state index in [9.17, 15) is 18.5 Å². The largest absolute Gasteiger partial charge is 0.397 e. The summed E-state index contributed by atoms with van der Waals surface area (Å²) in [4.78, 5) is 10.0. The van der Waals surface area contributed by atoms with Crippen LogP contribution in [-0.4, -0.2) is 30.7 Å². The Labute approximate surface area is 123 Å². The maximum Gasteiger partial charge on any atom is 0.271 e. The van der Waals surface area contributed by atoms with Crippen LogP contribution in [0.2, 0.25) is 0 Å². The van der Waals surface area contributed by atoms with Gasteiger partial charge in [-0.05, 0) is 24.3 Å². The molecular formula is C13H19N3O4S. The molecule has 1 aliphatic rings. The van der Waals surface area contributed by atoms with E-state index >= 15 is 0 Å². The summed E-state index contributed by atoms with van der Waals surface area (Å²) in [5.74, 6) is 0.561. The van der Waals surface area contributed by atoms with Gasteiger partial charge in [0.2, 0.25) is 10.0 Å². The Morgan fingerprint density at radius 3 is 2.33 bits per heavy atom. The Balaban J connectivity index is 2.37. The number of hydrogen-bond acceptors (Lipinski definition) is 5. The van der Waals surface area contributed by atoms with Crippen molar-refractivity contribution in [3.63, 3.8) is 0 Å². The lowest BCUT2D eigenvalue weighted by atomic mass is 9.94. The molecule has 1 saturated heterocycles. The van der Waals surface area contributed by atoms with E-state index in [0.29, 0.717) is 13.1 Å². The summed E-state index contributed by atoms with van der Waals surface area (Å²) in [6.45, 7) is 4.92. The highest BCUT2D eigenvalue weighted by Crippen LogP contribution is 2.30. The van der Waals surface area contributed by atoms with E-state index in [1.807, 2.05) is 13.8 Å². The second-order valence-electron chi connectivity index (χ2n) is 5.75. The summed E-state index contributed by atoms with van der Waals surface area (Å²) in [7, 11) is -3.72. The standard InChI is InChI=1S/C13H19N3O4S/c1-9-5-10(2)8-15(7-9)21(19,20)13-4-3-11(16(17)18)6-12(13)14/h3-4,6,9-10H,5,7-8,14H2,1-2H3. The van der Waals surface area contributed by atoms with E-state index in [-0.39, 0.29) is 28.1 Å². The third kappa shape index (κ3) is 3.16. The SMILES string of the molecule is CC1CC(C)CN(S(=O)(=O)c2ccc([N+](=O)[O-])cc2N)C1. The summed E-state index contributed by atoms with van der Waals surface area (Å²) in [5, 5.41) is 10.7. The number of sulfonamides is 1. The van der Waals surface area contributed by atoms with Crippen molar-refractivity contribution in [3.05, 3.63) is 28.3 Å². The van der Waals surface area contributed by atoms with Crippen molar-refractivity contribution in [2.75, 3.05) is 18.8 Å². The van der Waals surface area contributed by atoms with Gasteiger partial charge in [0.05, 0.1) is 10.6 Å². The molecule has 0 radical (unpaired) electrons. The zero-order valence-corrected chi connectivity index (χ0v) is 12.8. The van der Waals surface area contributed by atoms with Crippen molar-refractivity contribution in [2.45, 2.75) is 25.2 Å². The van der Waals surface area contributed by atoms with Crippen LogP contribution in [0, 0.1) is 22.0 Å². The van der Waals surface area contributed by atoms with Gasteiger partial charge in [0, 0.05) is 25.2 Å². The number of benzene rings is 1. The first kappa shape index (κ1) is 15.7. The third-order valence-corrected chi connectivity index (χ3v) is 5.56. The van der Waals surface area contributed by atoms with Crippen molar-refractivity contribution >= 4 is 21.4 Å². The maximum absolute atomic E-state index is 12.7. The van der Waals surface area contributed by atoms with Crippen molar-refractivity contribution < 1.29 is 13.3 Å². The Kier molecular flexibility index (Phi) is 4.20. The van der Waals surface area contributed by atoms with Crippen LogP contribution in [0.5, 0.6) is 0 Å². The third-order valence-electron chi connectivity index (χ3n) is 3.66. The minimum atomic E-state index is -3.72. The van der Waals surface area contributed by atoms with Crippen LogP contribution in [0.15, 0.2) is 23.1 Å². The first-order valence-corrected chi connectivity index (χ1v) is 8.20. The van der Waals surface area contributed by atoms with Gasteiger partial charge in [-0.15, -0.1) is 0 Å². The second kappa shape index (κ2) is 5.61. The molecule has 2 N–H and O–H groups in total. The Morgan fingerprint density at radius 2 is 1.86 bits per heavy atom. The van der Waals surface area contributed by atoms with E-state index in [1.54, 1.807) is 0 Å². The number of nitrogen functional groups attached to an aromatic ring is 1. The van der Waals surface area contributed by atoms with Gasteiger partial charge in [0.15, 0.2) is 0 Å². The minimum absolute atomic E-state index is 0.0607. The molecule has 0 saturated carbocycles. The van der Waals surface area contributed by atoms with Crippen molar-refractivity contribution in [2.24, 2.45) is 11.8 Å². The molecule has 0 spiro atoms. The molecule has 2 unspecified atom stereocenters. The lowest BCUT2D eigenvalue weighted by Gasteiger charge is -2.34. The zero-order chi connectivity index (χ0) is 15.8. The molecule has 8 heteroatoms. The van der Waals surface area contributed by atoms with Gasteiger partial charge in [-0.1, -0.05) is 13.8 Å². The number of piperidine rings is 1. The van der Waals surface area contributed by atoms with Crippen molar-refractivity contribution in [1.82, 2.24) is 4.31 Å². The molecule has 2 rings (SSSR count). The molecule has 0 amide bonds. The number of nitrogens with two attached hydrogens (primary N) is 1. The molecule has 0 bridgehead atoms. The van der Waals surface area contributed by atoms with Crippen molar-refractivity contribution in [1.29, 1.82) is 0 Å². The molecule has 116 valence electrons. The highest BCUT2D eigenvalue weighted by molar-refractivity contribution is 7.89. The number of hydrogen-bond donors (Lipinski definition) is 1. The van der Waals surface area contributed by atoms with Gasteiger partial charge < -0.3 is 5.73 Å². The fourth-order valence-corrected chi connectivity index (χ4v) is 4.60. The van der Waals surface area contributed by atoms with Crippen LogP contribution < -0.4 is 5.73 Å². The molecule has 1 fully saturated rings. The maximum atomic E-state index is 12.7. The second-order valence-corrected chi connectivity index (χ2v) is 7.65. The molecule has 2 atom stereocenters. The van der Waals surface area contributed by atoms with Crippen LogP contribution in [0.25, 0.3) is 0 Å². The van der Waals surface area contributed by atoms with Crippen LogP contribution in [-0.2, 0) is 10.0 Å². The monoisotopic (exact) mass is 313 g/mol. The van der Waals surface area contributed by atoms with E-state index < -0.39 is 14.9 Å². The first-order valence-electron chi connectivity index (χ1n) is 6.76. The quantitative estimate of drug-likeness (QED) is 0.520. The van der Waals surface area contributed by atoms with Crippen LogP contribution in [0.3, 0.4) is 0 Å². The summed E-state index contributed by atoms with van der Waals surface area (Å²) in [6, 6.07) is 3.47.